The molecule has 1 amide bonds. The zero-order valence-corrected chi connectivity index (χ0v) is 12.4. The van der Waals surface area contributed by atoms with Gasteiger partial charge in [0.1, 0.15) is 0 Å². The number of rotatable bonds is 4. The van der Waals surface area contributed by atoms with Crippen molar-refractivity contribution in [1.29, 1.82) is 0 Å². The van der Waals surface area contributed by atoms with Crippen LogP contribution in [0.4, 0.5) is 5.69 Å². The van der Waals surface area contributed by atoms with Crippen molar-refractivity contribution in [3.05, 3.63) is 29.3 Å². The number of nitrogens with one attached hydrogen (secondary N) is 1. The summed E-state index contributed by atoms with van der Waals surface area (Å²) in [6.07, 6.45) is 1.11. The van der Waals surface area contributed by atoms with Gasteiger partial charge in [0.05, 0.1) is 16.8 Å². The number of hydrogen-bond acceptors (Lipinski definition) is 3. The summed E-state index contributed by atoms with van der Waals surface area (Å²) in [7, 11) is 0. The van der Waals surface area contributed by atoms with Crippen molar-refractivity contribution in [2.45, 2.75) is 25.9 Å². The Hall–Kier alpha value is -1.10. The molecule has 0 saturated carbocycles. The normalized spacial score (nSPS) is 23.6. The Bertz CT molecular complexity index is 467. The van der Waals surface area contributed by atoms with Crippen molar-refractivity contribution in [3.63, 3.8) is 0 Å². The summed E-state index contributed by atoms with van der Waals surface area (Å²) >= 11 is 5.99. The molecule has 0 bridgehead atoms. The highest BCUT2D eigenvalue weighted by Gasteiger charge is 2.24. The van der Waals surface area contributed by atoms with Crippen LogP contribution in [-0.4, -0.2) is 41.7 Å². The lowest BCUT2D eigenvalue weighted by atomic mass is 9.96. The summed E-state index contributed by atoms with van der Waals surface area (Å²) in [4.78, 5) is 14.0. The molecule has 1 saturated heterocycles. The van der Waals surface area contributed by atoms with E-state index < -0.39 is 0 Å². The van der Waals surface area contributed by atoms with Crippen LogP contribution in [-0.2, 0) is 4.79 Å². The predicted molar refractivity (Wildman–Crippen MR) is 80.9 cm³/mol. The van der Waals surface area contributed by atoms with Gasteiger partial charge in [-0.25, -0.2) is 0 Å². The molecule has 0 radical (unpaired) electrons. The van der Waals surface area contributed by atoms with Gasteiger partial charge in [0.25, 0.3) is 0 Å². The maximum atomic E-state index is 11.9. The zero-order chi connectivity index (χ0) is 14.5. The average molecular weight is 297 g/mol. The standard InChI is InChI=1S/C15H21ClN2O2/c1-11-6-8-18(10-14(11)19)9-7-15(20)17-13-5-3-2-4-12(13)16/h2-5,11,14,19H,6-10H2,1H3,(H,17,20). The number of aliphatic hydroxyl groups excluding tert-OH is 1. The van der Waals surface area contributed by atoms with E-state index in [-0.39, 0.29) is 12.0 Å². The summed E-state index contributed by atoms with van der Waals surface area (Å²) in [6, 6.07) is 7.20. The molecule has 2 atom stereocenters. The van der Waals surface area contributed by atoms with Crippen molar-refractivity contribution in [2.24, 2.45) is 5.92 Å². The molecule has 0 aromatic heterocycles. The number of halogens is 1. The molecule has 2 N–H and O–H groups in total. The van der Waals surface area contributed by atoms with E-state index in [0.29, 0.717) is 36.1 Å². The largest absolute Gasteiger partial charge is 0.392 e. The van der Waals surface area contributed by atoms with Gasteiger partial charge in [0.2, 0.25) is 5.91 Å². The van der Waals surface area contributed by atoms with Gasteiger partial charge >= 0.3 is 0 Å². The lowest BCUT2D eigenvalue weighted by Gasteiger charge is -2.34. The van der Waals surface area contributed by atoms with E-state index >= 15 is 0 Å². The molecule has 1 heterocycles. The summed E-state index contributed by atoms with van der Waals surface area (Å²) in [5.74, 6) is 0.300. The minimum atomic E-state index is -0.282. The van der Waals surface area contributed by atoms with E-state index in [2.05, 4.69) is 17.1 Å². The SMILES string of the molecule is CC1CCN(CCC(=O)Nc2ccccc2Cl)CC1O. The van der Waals surface area contributed by atoms with Crippen LogP contribution in [0.15, 0.2) is 24.3 Å². The van der Waals surface area contributed by atoms with Crippen LogP contribution in [0.1, 0.15) is 19.8 Å². The Kier molecular flexibility index (Phi) is 5.40. The number of carbonyl (C=O) groups excluding carboxylic acids is 1. The monoisotopic (exact) mass is 296 g/mol. The lowest BCUT2D eigenvalue weighted by Crippen LogP contribution is -2.43. The first-order valence-corrected chi connectivity index (χ1v) is 7.39. The number of hydrogen-bond donors (Lipinski definition) is 2. The molecular formula is C15H21ClN2O2. The first-order valence-electron chi connectivity index (χ1n) is 7.01. The number of piperidine rings is 1. The summed E-state index contributed by atoms with van der Waals surface area (Å²) < 4.78 is 0. The number of para-hydroxylation sites is 1. The van der Waals surface area contributed by atoms with Gasteiger partial charge in [0, 0.05) is 19.5 Å². The molecule has 20 heavy (non-hydrogen) atoms. The van der Waals surface area contributed by atoms with Crippen LogP contribution in [0.25, 0.3) is 0 Å². The van der Waals surface area contributed by atoms with E-state index in [1.54, 1.807) is 12.1 Å². The highest BCUT2D eigenvalue weighted by molar-refractivity contribution is 6.33. The minimum Gasteiger partial charge on any atom is -0.392 e. The highest BCUT2D eigenvalue weighted by atomic mass is 35.5. The Morgan fingerprint density at radius 1 is 1.50 bits per heavy atom. The van der Waals surface area contributed by atoms with Crippen molar-refractivity contribution in [1.82, 2.24) is 4.90 Å². The van der Waals surface area contributed by atoms with Gasteiger partial charge in [-0.15, -0.1) is 0 Å². The third kappa shape index (κ3) is 4.20. The number of likely N-dealkylation sites (tertiary alicyclic amines) is 1. The smallest absolute Gasteiger partial charge is 0.225 e. The van der Waals surface area contributed by atoms with Gasteiger partial charge in [-0.3, -0.25) is 4.79 Å². The molecular weight excluding hydrogens is 276 g/mol. The first-order chi connectivity index (χ1) is 9.56. The number of aliphatic hydroxyl groups is 1. The van der Waals surface area contributed by atoms with Crippen LogP contribution < -0.4 is 5.32 Å². The maximum Gasteiger partial charge on any atom is 0.225 e. The number of amides is 1. The molecule has 1 aliphatic heterocycles. The number of carbonyl (C=O) groups is 1. The fraction of sp³-hybridized carbons (Fsp3) is 0.533. The molecule has 0 spiro atoms. The third-order valence-corrected chi connectivity index (χ3v) is 4.14. The Balaban J connectivity index is 1.77. The summed E-state index contributed by atoms with van der Waals surface area (Å²) in [5.41, 5.74) is 0.645. The van der Waals surface area contributed by atoms with E-state index in [0.717, 1.165) is 13.0 Å². The fourth-order valence-electron chi connectivity index (χ4n) is 2.35. The van der Waals surface area contributed by atoms with Gasteiger partial charge in [-0.2, -0.15) is 0 Å². The highest BCUT2D eigenvalue weighted by Crippen LogP contribution is 2.21. The summed E-state index contributed by atoms with van der Waals surface area (Å²) in [5, 5.41) is 13.2. The molecule has 110 valence electrons. The second-order valence-corrected chi connectivity index (χ2v) is 5.82. The van der Waals surface area contributed by atoms with Crippen LogP contribution >= 0.6 is 11.6 Å². The number of anilines is 1. The van der Waals surface area contributed by atoms with Crippen LogP contribution in [0.2, 0.25) is 5.02 Å². The Labute approximate surface area is 124 Å². The van der Waals surface area contributed by atoms with Crippen LogP contribution in [0.5, 0.6) is 0 Å². The molecule has 4 nitrogen and oxygen atoms in total. The van der Waals surface area contributed by atoms with E-state index in [9.17, 15) is 9.90 Å². The van der Waals surface area contributed by atoms with E-state index in [1.807, 2.05) is 12.1 Å². The van der Waals surface area contributed by atoms with E-state index in [4.69, 9.17) is 11.6 Å². The van der Waals surface area contributed by atoms with Gasteiger partial charge in [-0.05, 0) is 31.0 Å². The Morgan fingerprint density at radius 3 is 2.95 bits per heavy atom. The average Bonchev–Trinajstić information content (AvgIpc) is 2.43. The predicted octanol–water partition coefficient (Wildman–Crippen LogP) is 2.37. The van der Waals surface area contributed by atoms with E-state index in [1.165, 1.54) is 0 Å². The fourth-order valence-corrected chi connectivity index (χ4v) is 2.54. The zero-order valence-electron chi connectivity index (χ0n) is 11.7. The van der Waals surface area contributed by atoms with Crippen molar-refractivity contribution in [2.75, 3.05) is 25.0 Å². The summed E-state index contributed by atoms with van der Waals surface area (Å²) in [6.45, 7) is 4.32. The topological polar surface area (TPSA) is 52.6 Å². The molecule has 2 rings (SSSR count). The molecule has 1 aromatic rings. The Morgan fingerprint density at radius 2 is 2.25 bits per heavy atom. The maximum absolute atomic E-state index is 11.9. The first kappa shape index (κ1) is 15.3. The molecule has 5 heteroatoms. The van der Waals surface area contributed by atoms with Crippen LogP contribution in [0, 0.1) is 5.92 Å². The third-order valence-electron chi connectivity index (χ3n) is 3.81. The van der Waals surface area contributed by atoms with Gasteiger partial charge in [-0.1, -0.05) is 30.7 Å². The van der Waals surface area contributed by atoms with Crippen molar-refractivity contribution < 1.29 is 9.90 Å². The number of β-amino-alcohol motifs (C(OH)–C–C–N with tert-alkyl or cyclic N) is 1. The van der Waals surface area contributed by atoms with Gasteiger partial charge < -0.3 is 15.3 Å². The number of benzene rings is 1. The molecule has 1 aliphatic rings. The number of nitrogens with zero attached hydrogens (tertiary/aromatic N) is 1. The van der Waals surface area contributed by atoms with Crippen molar-refractivity contribution in [3.8, 4) is 0 Å². The van der Waals surface area contributed by atoms with Crippen molar-refractivity contribution >= 4 is 23.2 Å². The molecule has 1 fully saturated rings. The second kappa shape index (κ2) is 7.07. The van der Waals surface area contributed by atoms with Crippen LogP contribution in [0.3, 0.4) is 0 Å². The molecule has 0 aliphatic carbocycles. The second-order valence-electron chi connectivity index (χ2n) is 5.41. The lowest BCUT2D eigenvalue weighted by molar-refractivity contribution is -0.116. The minimum absolute atomic E-state index is 0.0498. The van der Waals surface area contributed by atoms with Gasteiger partial charge in [0.15, 0.2) is 0 Å². The molecule has 2 unspecified atom stereocenters. The molecule has 1 aromatic carbocycles. The quantitative estimate of drug-likeness (QED) is 0.897.